The van der Waals surface area contributed by atoms with Gasteiger partial charge in [-0.2, -0.15) is 0 Å². The third-order valence-corrected chi connectivity index (χ3v) is 4.16. The van der Waals surface area contributed by atoms with E-state index >= 15 is 0 Å². The number of carbonyl (C=O) groups is 2. The molecule has 1 aromatic heterocycles. The average molecular weight is 277 g/mol. The number of ether oxygens (including phenoxy) is 1. The van der Waals surface area contributed by atoms with Crippen LogP contribution in [0, 0.1) is 6.92 Å². The molecule has 0 aliphatic rings. The summed E-state index contributed by atoms with van der Waals surface area (Å²) < 4.78 is 5.62. The molecule has 0 saturated carbocycles. The van der Waals surface area contributed by atoms with Gasteiger partial charge in [-0.05, 0) is 23.9 Å². The van der Waals surface area contributed by atoms with Crippen LogP contribution in [0.1, 0.15) is 21.7 Å². The van der Waals surface area contributed by atoms with E-state index in [4.69, 9.17) is 0 Å². The highest BCUT2D eigenvalue weighted by Gasteiger charge is 2.14. The topological polar surface area (TPSA) is 55.4 Å². The molecule has 0 saturated heterocycles. The van der Waals surface area contributed by atoms with Crippen LogP contribution in [0.25, 0.3) is 10.1 Å². The smallest absolute Gasteiger partial charge is 0.307 e. The van der Waals surface area contributed by atoms with Gasteiger partial charge in [-0.1, -0.05) is 18.2 Å². The van der Waals surface area contributed by atoms with Crippen LogP contribution in [-0.2, 0) is 9.53 Å². The normalized spacial score (nSPS) is 10.4. The van der Waals surface area contributed by atoms with Gasteiger partial charge in [0.25, 0.3) is 5.91 Å². The minimum atomic E-state index is -0.326. The molecule has 0 atom stereocenters. The predicted molar refractivity (Wildman–Crippen MR) is 75.5 cm³/mol. The van der Waals surface area contributed by atoms with Gasteiger partial charge in [-0.25, -0.2) is 0 Å². The maximum atomic E-state index is 12.1. The number of hydrogen-bond donors (Lipinski definition) is 1. The Morgan fingerprint density at radius 2 is 2.05 bits per heavy atom. The summed E-state index contributed by atoms with van der Waals surface area (Å²) in [4.78, 5) is 23.7. The fraction of sp³-hybridized carbons (Fsp3) is 0.286. The van der Waals surface area contributed by atoms with E-state index in [9.17, 15) is 9.59 Å². The third kappa shape index (κ3) is 2.93. The van der Waals surface area contributed by atoms with Crippen LogP contribution >= 0.6 is 11.3 Å². The number of carbonyl (C=O) groups excluding carboxylic acids is 2. The number of benzene rings is 1. The molecule has 0 aliphatic carbocycles. The standard InChI is InChI=1S/C14H15NO3S/c1-9-10-5-3-4-6-11(10)19-13(9)14(17)15-8-7-12(16)18-2/h3-6H,7-8H2,1-2H3,(H,15,17). The van der Waals surface area contributed by atoms with Gasteiger partial charge in [0.05, 0.1) is 18.4 Å². The lowest BCUT2D eigenvalue weighted by Gasteiger charge is -2.03. The van der Waals surface area contributed by atoms with Crippen molar-refractivity contribution in [2.24, 2.45) is 0 Å². The molecule has 1 amide bonds. The van der Waals surface area contributed by atoms with Crippen LogP contribution in [0.15, 0.2) is 24.3 Å². The molecule has 5 heteroatoms. The molecule has 1 aromatic carbocycles. The Morgan fingerprint density at radius 1 is 1.32 bits per heavy atom. The van der Waals surface area contributed by atoms with E-state index in [2.05, 4.69) is 10.1 Å². The van der Waals surface area contributed by atoms with E-state index in [0.717, 1.165) is 15.6 Å². The van der Waals surface area contributed by atoms with Crippen molar-refractivity contribution >= 4 is 33.3 Å². The Bertz CT molecular complexity index is 618. The highest BCUT2D eigenvalue weighted by Crippen LogP contribution is 2.30. The van der Waals surface area contributed by atoms with Gasteiger partial charge < -0.3 is 10.1 Å². The number of hydrogen-bond acceptors (Lipinski definition) is 4. The summed E-state index contributed by atoms with van der Waals surface area (Å²) in [5.74, 6) is -0.462. The molecule has 0 bridgehead atoms. The Labute approximate surface area is 115 Å². The quantitative estimate of drug-likeness (QED) is 0.874. The van der Waals surface area contributed by atoms with E-state index < -0.39 is 0 Å². The number of nitrogens with one attached hydrogen (secondary N) is 1. The molecule has 0 unspecified atom stereocenters. The van der Waals surface area contributed by atoms with Gasteiger partial charge in [0.15, 0.2) is 0 Å². The molecule has 19 heavy (non-hydrogen) atoms. The van der Waals surface area contributed by atoms with E-state index in [0.29, 0.717) is 11.4 Å². The van der Waals surface area contributed by atoms with Gasteiger partial charge in [-0.15, -0.1) is 11.3 Å². The second-order valence-corrected chi connectivity index (χ2v) is 5.19. The highest BCUT2D eigenvalue weighted by molar-refractivity contribution is 7.21. The van der Waals surface area contributed by atoms with Crippen molar-refractivity contribution < 1.29 is 14.3 Å². The zero-order valence-corrected chi connectivity index (χ0v) is 11.7. The summed E-state index contributed by atoms with van der Waals surface area (Å²) in [5.41, 5.74) is 0.983. The van der Waals surface area contributed by atoms with E-state index in [1.54, 1.807) is 0 Å². The predicted octanol–water partition coefficient (Wildman–Crippen LogP) is 2.50. The van der Waals surface area contributed by atoms with Crippen molar-refractivity contribution in [2.45, 2.75) is 13.3 Å². The van der Waals surface area contributed by atoms with E-state index in [1.807, 2.05) is 31.2 Å². The molecule has 0 radical (unpaired) electrons. The van der Waals surface area contributed by atoms with Crippen LogP contribution in [0.2, 0.25) is 0 Å². The summed E-state index contributed by atoms with van der Waals surface area (Å²) in [5, 5.41) is 3.84. The molecular weight excluding hydrogens is 262 g/mol. The van der Waals surface area contributed by atoms with Crippen molar-refractivity contribution in [1.82, 2.24) is 5.32 Å². The molecular formula is C14H15NO3S. The Balaban J connectivity index is 2.09. The fourth-order valence-corrected chi connectivity index (χ4v) is 2.98. The Kier molecular flexibility index (Phi) is 4.16. The van der Waals surface area contributed by atoms with Crippen LogP contribution in [0.3, 0.4) is 0 Å². The first-order valence-electron chi connectivity index (χ1n) is 5.96. The Morgan fingerprint density at radius 3 is 2.74 bits per heavy atom. The molecule has 2 aromatic rings. The van der Waals surface area contributed by atoms with Gasteiger partial charge >= 0.3 is 5.97 Å². The van der Waals surface area contributed by atoms with Gasteiger partial charge in [0.2, 0.25) is 0 Å². The van der Waals surface area contributed by atoms with Gasteiger partial charge in [0.1, 0.15) is 0 Å². The van der Waals surface area contributed by atoms with E-state index in [1.165, 1.54) is 18.4 Å². The summed E-state index contributed by atoms with van der Waals surface area (Å²) in [6, 6.07) is 7.92. The molecule has 1 N–H and O–H groups in total. The van der Waals surface area contributed by atoms with Crippen molar-refractivity contribution in [3.8, 4) is 0 Å². The first-order valence-corrected chi connectivity index (χ1v) is 6.78. The fourth-order valence-electron chi connectivity index (χ4n) is 1.85. The summed E-state index contributed by atoms with van der Waals surface area (Å²) in [6.07, 6.45) is 0.187. The second-order valence-electron chi connectivity index (χ2n) is 4.13. The van der Waals surface area contributed by atoms with Crippen molar-refractivity contribution in [3.05, 3.63) is 34.7 Å². The number of methoxy groups -OCH3 is 1. The molecule has 1 heterocycles. The van der Waals surface area contributed by atoms with Crippen molar-refractivity contribution in [2.75, 3.05) is 13.7 Å². The molecule has 4 nitrogen and oxygen atoms in total. The molecule has 100 valence electrons. The van der Waals surface area contributed by atoms with Crippen LogP contribution in [0.4, 0.5) is 0 Å². The van der Waals surface area contributed by atoms with Crippen molar-refractivity contribution in [1.29, 1.82) is 0 Å². The largest absolute Gasteiger partial charge is 0.469 e. The van der Waals surface area contributed by atoms with Crippen LogP contribution < -0.4 is 5.32 Å². The maximum absolute atomic E-state index is 12.1. The summed E-state index contributed by atoms with van der Waals surface area (Å²) in [6.45, 7) is 2.23. The summed E-state index contributed by atoms with van der Waals surface area (Å²) >= 11 is 1.47. The zero-order valence-electron chi connectivity index (χ0n) is 10.9. The van der Waals surface area contributed by atoms with Gasteiger partial charge in [0, 0.05) is 11.2 Å². The zero-order chi connectivity index (χ0) is 13.8. The number of thiophene rings is 1. The lowest BCUT2D eigenvalue weighted by Crippen LogP contribution is -2.26. The lowest BCUT2D eigenvalue weighted by molar-refractivity contribution is -0.140. The lowest BCUT2D eigenvalue weighted by atomic mass is 10.1. The first-order chi connectivity index (χ1) is 9.13. The van der Waals surface area contributed by atoms with Crippen LogP contribution in [0.5, 0.6) is 0 Å². The number of aryl methyl sites for hydroxylation is 1. The van der Waals surface area contributed by atoms with Crippen LogP contribution in [-0.4, -0.2) is 25.5 Å². The average Bonchev–Trinajstić information content (AvgIpc) is 2.76. The number of esters is 1. The van der Waals surface area contributed by atoms with Crippen molar-refractivity contribution in [3.63, 3.8) is 0 Å². The molecule has 2 rings (SSSR count). The highest BCUT2D eigenvalue weighted by atomic mass is 32.1. The minimum Gasteiger partial charge on any atom is -0.469 e. The van der Waals surface area contributed by atoms with E-state index in [-0.39, 0.29) is 18.3 Å². The molecule has 0 spiro atoms. The molecule has 0 aliphatic heterocycles. The van der Waals surface area contributed by atoms with Gasteiger partial charge in [-0.3, -0.25) is 9.59 Å². The number of amides is 1. The SMILES string of the molecule is COC(=O)CCNC(=O)c1sc2ccccc2c1C. The Hall–Kier alpha value is -1.88. The second kappa shape index (κ2) is 5.84. The first kappa shape index (κ1) is 13.5. The number of rotatable bonds is 4. The number of fused-ring (bicyclic) bond motifs is 1. The molecule has 0 fully saturated rings. The monoisotopic (exact) mass is 277 g/mol. The maximum Gasteiger partial charge on any atom is 0.307 e. The summed E-state index contributed by atoms with van der Waals surface area (Å²) in [7, 11) is 1.33. The third-order valence-electron chi connectivity index (χ3n) is 2.89. The minimum absolute atomic E-state index is 0.136.